The van der Waals surface area contributed by atoms with E-state index in [-0.39, 0.29) is 0 Å². The van der Waals surface area contributed by atoms with E-state index in [1.807, 2.05) is 4.90 Å². The van der Waals surface area contributed by atoms with Crippen LogP contribution in [0.4, 0.5) is 0 Å². The fraction of sp³-hybridized carbons (Fsp3) is 0.632. The highest BCUT2D eigenvalue weighted by atomic mass is 16.2. The lowest BCUT2D eigenvalue weighted by Crippen LogP contribution is -2.40. The van der Waals surface area contributed by atoms with Crippen molar-refractivity contribution in [3.63, 3.8) is 0 Å². The third kappa shape index (κ3) is 3.52. The van der Waals surface area contributed by atoms with Crippen molar-refractivity contribution in [2.24, 2.45) is 11.7 Å². The minimum absolute atomic E-state index is 0.299. The average molecular weight is 300 g/mol. The fourth-order valence-electron chi connectivity index (χ4n) is 4.20. The summed E-state index contributed by atoms with van der Waals surface area (Å²) in [5.74, 6) is 1.61. The molecule has 1 unspecified atom stereocenters. The van der Waals surface area contributed by atoms with Gasteiger partial charge in [-0.1, -0.05) is 30.3 Å². The van der Waals surface area contributed by atoms with Crippen molar-refractivity contribution in [2.45, 2.75) is 56.9 Å². The summed E-state index contributed by atoms with van der Waals surface area (Å²) in [4.78, 5) is 14.5. The first-order valence-corrected chi connectivity index (χ1v) is 8.82. The maximum absolute atomic E-state index is 12.5. The molecular formula is C19H28N2O. The van der Waals surface area contributed by atoms with Crippen LogP contribution in [0.3, 0.4) is 0 Å². The van der Waals surface area contributed by atoms with Crippen molar-refractivity contribution >= 4 is 5.91 Å². The van der Waals surface area contributed by atoms with E-state index in [4.69, 9.17) is 5.73 Å². The molecule has 3 rings (SSSR count). The minimum atomic E-state index is 0.299. The third-order valence-corrected chi connectivity index (χ3v) is 5.55. The van der Waals surface area contributed by atoms with E-state index in [9.17, 15) is 4.79 Å². The van der Waals surface area contributed by atoms with E-state index in [1.165, 1.54) is 31.2 Å². The zero-order valence-corrected chi connectivity index (χ0v) is 13.4. The SMILES string of the molecule is NCC1CCCN1C(=O)CC1CCC(c2ccccc2)CC1. The number of hydrogen-bond acceptors (Lipinski definition) is 2. The number of carbonyl (C=O) groups excluding carboxylic acids is 1. The van der Waals surface area contributed by atoms with Gasteiger partial charge in [-0.05, 0) is 55.9 Å². The van der Waals surface area contributed by atoms with Crippen LogP contribution in [-0.2, 0) is 4.79 Å². The van der Waals surface area contributed by atoms with Gasteiger partial charge in [-0.25, -0.2) is 0 Å². The highest BCUT2D eigenvalue weighted by molar-refractivity contribution is 5.77. The van der Waals surface area contributed by atoms with Gasteiger partial charge in [0.2, 0.25) is 5.91 Å². The topological polar surface area (TPSA) is 46.3 Å². The number of nitrogens with two attached hydrogens (primary N) is 1. The number of rotatable bonds is 4. The lowest BCUT2D eigenvalue weighted by molar-refractivity contribution is -0.133. The van der Waals surface area contributed by atoms with Crippen molar-refractivity contribution < 1.29 is 4.79 Å². The Hall–Kier alpha value is -1.35. The second-order valence-electron chi connectivity index (χ2n) is 6.95. The van der Waals surface area contributed by atoms with Gasteiger partial charge in [-0.2, -0.15) is 0 Å². The molecule has 0 bridgehead atoms. The molecule has 2 fully saturated rings. The normalized spacial score (nSPS) is 28.8. The number of likely N-dealkylation sites (tertiary alicyclic amines) is 1. The molecule has 0 radical (unpaired) electrons. The molecule has 1 heterocycles. The van der Waals surface area contributed by atoms with Crippen LogP contribution in [0.25, 0.3) is 0 Å². The van der Waals surface area contributed by atoms with Gasteiger partial charge in [0.05, 0.1) is 0 Å². The Morgan fingerprint density at radius 1 is 1.09 bits per heavy atom. The molecule has 0 aromatic heterocycles. The standard InChI is InChI=1S/C19H28N2O/c20-14-18-7-4-12-21(18)19(22)13-15-8-10-17(11-9-15)16-5-2-1-3-6-16/h1-3,5-6,15,17-18H,4,7-14,20H2. The lowest BCUT2D eigenvalue weighted by atomic mass is 9.77. The lowest BCUT2D eigenvalue weighted by Gasteiger charge is -2.31. The molecule has 22 heavy (non-hydrogen) atoms. The van der Waals surface area contributed by atoms with Gasteiger partial charge in [0, 0.05) is 25.6 Å². The maximum Gasteiger partial charge on any atom is 0.223 e. The Morgan fingerprint density at radius 3 is 2.50 bits per heavy atom. The van der Waals surface area contributed by atoms with Crippen LogP contribution < -0.4 is 5.73 Å². The summed E-state index contributed by atoms with van der Waals surface area (Å²) >= 11 is 0. The molecule has 0 spiro atoms. The van der Waals surface area contributed by atoms with Crippen molar-refractivity contribution in [1.82, 2.24) is 4.90 Å². The van der Waals surface area contributed by atoms with E-state index in [0.717, 1.165) is 25.8 Å². The van der Waals surface area contributed by atoms with E-state index in [1.54, 1.807) is 0 Å². The summed E-state index contributed by atoms with van der Waals surface area (Å²) < 4.78 is 0. The first-order valence-electron chi connectivity index (χ1n) is 8.82. The van der Waals surface area contributed by atoms with E-state index >= 15 is 0 Å². The first kappa shape index (κ1) is 15.5. The molecule has 2 N–H and O–H groups in total. The van der Waals surface area contributed by atoms with Crippen molar-refractivity contribution in [2.75, 3.05) is 13.1 Å². The molecule has 1 aliphatic carbocycles. The Labute approximate surface area is 133 Å². The van der Waals surface area contributed by atoms with Gasteiger partial charge >= 0.3 is 0 Å². The van der Waals surface area contributed by atoms with E-state index < -0.39 is 0 Å². The van der Waals surface area contributed by atoms with Gasteiger partial charge in [-0.3, -0.25) is 4.79 Å². The monoisotopic (exact) mass is 300 g/mol. The van der Waals surface area contributed by atoms with Crippen LogP contribution in [0, 0.1) is 5.92 Å². The summed E-state index contributed by atoms with van der Waals surface area (Å²) in [7, 11) is 0. The Kier molecular flexibility index (Phi) is 5.14. The van der Waals surface area contributed by atoms with Crippen LogP contribution in [0.5, 0.6) is 0 Å². The molecule has 3 nitrogen and oxygen atoms in total. The van der Waals surface area contributed by atoms with Gasteiger partial charge < -0.3 is 10.6 Å². The van der Waals surface area contributed by atoms with Crippen LogP contribution in [-0.4, -0.2) is 29.9 Å². The summed E-state index contributed by atoms with van der Waals surface area (Å²) in [5, 5.41) is 0. The smallest absolute Gasteiger partial charge is 0.223 e. The Bertz CT molecular complexity index is 479. The minimum Gasteiger partial charge on any atom is -0.338 e. The van der Waals surface area contributed by atoms with Crippen LogP contribution in [0.15, 0.2) is 30.3 Å². The molecular weight excluding hydrogens is 272 g/mol. The molecule has 1 atom stereocenters. The second-order valence-corrected chi connectivity index (χ2v) is 6.95. The summed E-state index contributed by atoms with van der Waals surface area (Å²) in [6, 6.07) is 11.1. The number of benzene rings is 1. The highest BCUT2D eigenvalue weighted by Crippen LogP contribution is 2.37. The molecule has 1 aliphatic heterocycles. The Balaban J connectivity index is 1.49. The van der Waals surface area contributed by atoms with Gasteiger partial charge in [-0.15, -0.1) is 0 Å². The number of amides is 1. The van der Waals surface area contributed by atoms with Crippen molar-refractivity contribution in [3.05, 3.63) is 35.9 Å². The predicted octanol–water partition coefficient (Wildman–Crippen LogP) is 3.30. The Morgan fingerprint density at radius 2 is 1.82 bits per heavy atom. The van der Waals surface area contributed by atoms with Crippen molar-refractivity contribution in [3.8, 4) is 0 Å². The molecule has 2 aliphatic rings. The van der Waals surface area contributed by atoms with E-state index in [2.05, 4.69) is 30.3 Å². The molecule has 1 amide bonds. The summed E-state index contributed by atoms with van der Waals surface area (Å²) in [5.41, 5.74) is 7.25. The zero-order valence-electron chi connectivity index (χ0n) is 13.4. The molecule has 1 saturated carbocycles. The highest BCUT2D eigenvalue weighted by Gasteiger charge is 2.30. The second kappa shape index (κ2) is 7.28. The predicted molar refractivity (Wildman–Crippen MR) is 89.5 cm³/mol. The van der Waals surface area contributed by atoms with E-state index in [0.29, 0.717) is 30.3 Å². The molecule has 1 aromatic carbocycles. The summed E-state index contributed by atoms with van der Waals surface area (Å²) in [6.07, 6.45) is 7.76. The molecule has 1 aromatic rings. The maximum atomic E-state index is 12.5. The molecule has 3 heteroatoms. The average Bonchev–Trinajstić information content (AvgIpc) is 3.05. The third-order valence-electron chi connectivity index (χ3n) is 5.55. The molecule has 120 valence electrons. The van der Waals surface area contributed by atoms with Crippen molar-refractivity contribution in [1.29, 1.82) is 0 Å². The largest absolute Gasteiger partial charge is 0.338 e. The van der Waals surface area contributed by atoms with Crippen LogP contribution in [0.1, 0.15) is 56.4 Å². The zero-order chi connectivity index (χ0) is 15.4. The fourth-order valence-corrected chi connectivity index (χ4v) is 4.20. The first-order chi connectivity index (χ1) is 10.8. The van der Waals surface area contributed by atoms with Gasteiger partial charge in [0.15, 0.2) is 0 Å². The summed E-state index contributed by atoms with van der Waals surface area (Å²) in [6.45, 7) is 1.53. The number of nitrogens with zero attached hydrogens (tertiary/aromatic N) is 1. The van der Waals surface area contributed by atoms with Crippen LogP contribution in [0.2, 0.25) is 0 Å². The number of hydrogen-bond donors (Lipinski definition) is 1. The number of carbonyl (C=O) groups is 1. The van der Waals surface area contributed by atoms with Crippen LogP contribution >= 0.6 is 0 Å². The van der Waals surface area contributed by atoms with Gasteiger partial charge in [0.25, 0.3) is 0 Å². The quantitative estimate of drug-likeness (QED) is 0.927. The molecule has 1 saturated heterocycles. The van der Waals surface area contributed by atoms with Gasteiger partial charge in [0.1, 0.15) is 0 Å².